The van der Waals surface area contributed by atoms with Gasteiger partial charge in [0, 0.05) is 44.1 Å². The van der Waals surface area contributed by atoms with Crippen molar-refractivity contribution in [1.29, 1.82) is 0 Å². The van der Waals surface area contributed by atoms with Crippen molar-refractivity contribution in [2.24, 2.45) is 0 Å². The lowest BCUT2D eigenvalue weighted by atomic mass is 10.1. The molecule has 0 aliphatic heterocycles. The summed E-state index contributed by atoms with van der Waals surface area (Å²) in [6.07, 6.45) is 8.85. The number of carboxylic acids is 2. The Balaban J connectivity index is 1.60. The summed E-state index contributed by atoms with van der Waals surface area (Å²) >= 11 is 2.99. The van der Waals surface area contributed by atoms with Gasteiger partial charge in [-0.25, -0.2) is 9.59 Å². The molecule has 0 aliphatic rings. The van der Waals surface area contributed by atoms with Crippen molar-refractivity contribution in [3.8, 4) is 32.3 Å². The van der Waals surface area contributed by atoms with E-state index in [1.165, 1.54) is 22.7 Å². The average Bonchev–Trinajstić information content (AvgIpc) is 3.46. The molecule has 158 valence electrons. The molecule has 4 aromatic heterocycles. The topological polar surface area (TPSA) is 100 Å². The standard InChI is InChI=1S/C24H16N2O4S2/c27-23(28)7-3-17-1-5-21(31-17)15-9-11-25-19(13-15)20-14-16(10-12-26-20)22-6-2-18(32-22)4-8-24(29)30/h1-14H,(H,27,28)(H,29,30)/b7-3+,8-4+. The fourth-order valence-corrected chi connectivity index (χ4v) is 4.76. The van der Waals surface area contributed by atoms with E-state index in [1.54, 1.807) is 24.5 Å². The van der Waals surface area contributed by atoms with Gasteiger partial charge in [-0.15, -0.1) is 22.7 Å². The van der Waals surface area contributed by atoms with Crippen molar-refractivity contribution in [2.45, 2.75) is 0 Å². The predicted octanol–water partition coefficient (Wildman–Crippen LogP) is 5.80. The molecule has 0 fully saturated rings. The van der Waals surface area contributed by atoms with Crippen molar-refractivity contribution in [3.05, 3.63) is 82.8 Å². The minimum Gasteiger partial charge on any atom is -0.478 e. The monoisotopic (exact) mass is 460 g/mol. The number of pyridine rings is 2. The van der Waals surface area contributed by atoms with Crippen LogP contribution in [-0.4, -0.2) is 32.1 Å². The number of aromatic nitrogens is 2. The molecular formula is C24H16N2O4S2. The molecule has 0 amide bonds. The number of carboxylic acid groups (broad SMARTS) is 2. The predicted molar refractivity (Wildman–Crippen MR) is 127 cm³/mol. The quantitative estimate of drug-likeness (QED) is 0.338. The molecule has 0 aliphatic carbocycles. The van der Waals surface area contributed by atoms with Crippen LogP contribution in [0.5, 0.6) is 0 Å². The summed E-state index contributed by atoms with van der Waals surface area (Å²) in [6.45, 7) is 0. The van der Waals surface area contributed by atoms with E-state index in [9.17, 15) is 9.59 Å². The Morgan fingerprint density at radius 2 is 1.12 bits per heavy atom. The van der Waals surface area contributed by atoms with Crippen LogP contribution in [0.25, 0.3) is 44.4 Å². The summed E-state index contributed by atoms with van der Waals surface area (Å²) in [5.41, 5.74) is 3.39. The maximum absolute atomic E-state index is 10.7. The van der Waals surface area contributed by atoms with E-state index in [0.717, 1.165) is 54.2 Å². The van der Waals surface area contributed by atoms with Crippen LogP contribution < -0.4 is 0 Å². The van der Waals surface area contributed by atoms with Crippen molar-refractivity contribution < 1.29 is 19.8 Å². The van der Waals surface area contributed by atoms with Gasteiger partial charge in [-0.2, -0.15) is 0 Å². The third-order valence-electron chi connectivity index (χ3n) is 4.39. The molecule has 6 nitrogen and oxygen atoms in total. The van der Waals surface area contributed by atoms with Crippen molar-refractivity contribution in [1.82, 2.24) is 9.97 Å². The normalized spacial score (nSPS) is 11.4. The Labute approximate surface area is 191 Å². The number of hydrogen-bond acceptors (Lipinski definition) is 6. The molecule has 0 saturated carbocycles. The SMILES string of the molecule is O=C(O)/C=C/c1ccc(-c2ccnc(-c3cc(-c4ccc(/C=C/C(=O)O)s4)ccn3)c2)s1. The van der Waals surface area contributed by atoms with Gasteiger partial charge >= 0.3 is 11.9 Å². The van der Waals surface area contributed by atoms with Crippen LogP contribution in [0.1, 0.15) is 9.75 Å². The van der Waals surface area contributed by atoms with Crippen LogP contribution >= 0.6 is 22.7 Å². The van der Waals surface area contributed by atoms with E-state index in [2.05, 4.69) is 9.97 Å². The van der Waals surface area contributed by atoms with Gasteiger partial charge in [-0.3, -0.25) is 9.97 Å². The molecule has 0 spiro atoms. The molecular weight excluding hydrogens is 444 g/mol. The van der Waals surface area contributed by atoms with Crippen molar-refractivity contribution in [3.63, 3.8) is 0 Å². The van der Waals surface area contributed by atoms with E-state index < -0.39 is 11.9 Å². The lowest BCUT2D eigenvalue weighted by molar-refractivity contribution is -0.132. The summed E-state index contributed by atoms with van der Waals surface area (Å²) in [5, 5.41) is 17.6. The van der Waals surface area contributed by atoms with Crippen LogP contribution in [0.2, 0.25) is 0 Å². The molecule has 32 heavy (non-hydrogen) atoms. The van der Waals surface area contributed by atoms with Gasteiger partial charge in [0.2, 0.25) is 0 Å². The van der Waals surface area contributed by atoms with Crippen LogP contribution in [-0.2, 0) is 9.59 Å². The van der Waals surface area contributed by atoms with E-state index in [0.29, 0.717) is 0 Å². The number of hydrogen-bond donors (Lipinski definition) is 2. The smallest absolute Gasteiger partial charge is 0.328 e. The number of aliphatic carboxylic acids is 2. The van der Waals surface area contributed by atoms with Gasteiger partial charge in [0.15, 0.2) is 0 Å². The lowest BCUT2D eigenvalue weighted by Gasteiger charge is -2.05. The second-order valence-corrected chi connectivity index (χ2v) is 8.84. The van der Waals surface area contributed by atoms with Crippen LogP contribution in [0, 0.1) is 0 Å². The van der Waals surface area contributed by atoms with E-state index in [1.807, 2.05) is 48.5 Å². The molecule has 0 atom stereocenters. The van der Waals surface area contributed by atoms with Gasteiger partial charge < -0.3 is 10.2 Å². The number of nitrogens with zero attached hydrogens (tertiary/aromatic N) is 2. The van der Waals surface area contributed by atoms with Gasteiger partial charge in [-0.05, 0) is 71.8 Å². The highest BCUT2D eigenvalue weighted by Crippen LogP contribution is 2.33. The van der Waals surface area contributed by atoms with Gasteiger partial charge in [0.25, 0.3) is 0 Å². The molecule has 0 saturated heterocycles. The molecule has 2 N–H and O–H groups in total. The van der Waals surface area contributed by atoms with E-state index >= 15 is 0 Å². The molecule has 0 aromatic carbocycles. The molecule has 0 radical (unpaired) electrons. The first-order chi connectivity index (χ1) is 15.5. The van der Waals surface area contributed by atoms with Gasteiger partial charge in [0.1, 0.15) is 0 Å². The summed E-state index contributed by atoms with van der Waals surface area (Å²) in [4.78, 5) is 34.1. The van der Waals surface area contributed by atoms with E-state index in [4.69, 9.17) is 10.2 Å². The first-order valence-electron chi connectivity index (χ1n) is 9.43. The second-order valence-electron chi connectivity index (χ2n) is 6.61. The van der Waals surface area contributed by atoms with Crippen LogP contribution in [0.15, 0.2) is 73.1 Å². The third-order valence-corrected chi connectivity index (χ3v) is 6.58. The first kappa shape index (κ1) is 21.4. The summed E-state index contributed by atoms with van der Waals surface area (Å²) in [6, 6.07) is 15.4. The van der Waals surface area contributed by atoms with Crippen LogP contribution in [0.4, 0.5) is 0 Å². The third kappa shape index (κ3) is 5.23. The molecule has 0 bridgehead atoms. The Kier molecular flexibility index (Phi) is 6.34. The zero-order chi connectivity index (χ0) is 22.5. The molecule has 0 unspecified atom stereocenters. The highest BCUT2D eigenvalue weighted by molar-refractivity contribution is 7.16. The molecule has 4 rings (SSSR count). The number of rotatable bonds is 7. The van der Waals surface area contributed by atoms with Gasteiger partial charge in [0.05, 0.1) is 11.4 Å². The van der Waals surface area contributed by atoms with E-state index in [-0.39, 0.29) is 0 Å². The maximum atomic E-state index is 10.7. The Bertz CT molecular complexity index is 1250. The Morgan fingerprint density at radius 3 is 1.53 bits per heavy atom. The van der Waals surface area contributed by atoms with Crippen molar-refractivity contribution in [2.75, 3.05) is 0 Å². The minimum absolute atomic E-state index is 0.725. The number of carbonyl (C=O) groups is 2. The zero-order valence-electron chi connectivity index (χ0n) is 16.5. The highest BCUT2D eigenvalue weighted by atomic mass is 32.1. The second kappa shape index (κ2) is 9.51. The average molecular weight is 461 g/mol. The summed E-state index contributed by atoms with van der Waals surface area (Å²) in [7, 11) is 0. The summed E-state index contributed by atoms with van der Waals surface area (Å²) < 4.78 is 0. The highest BCUT2D eigenvalue weighted by Gasteiger charge is 2.09. The first-order valence-corrected chi connectivity index (χ1v) is 11.1. The Morgan fingerprint density at radius 1 is 0.688 bits per heavy atom. The fourth-order valence-electron chi connectivity index (χ4n) is 2.95. The molecule has 4 aromatic rings. The van der Waals surface area contributed by atoms with Crippen molar-refractivity contribution >= 4 is 46.8 Å². The van der Waals surface area contributed by atoms with Crippen LogP contribution in [0.3, 0.4) is 0 Å². The van der Waals surface area contributed by atoms with Gasteiger partial charge in [-0.1, -0.05) is 0 Å². The molecule has 4 heterocycles. The summed E-state index contributed by atoms with van der Waals surface area (Å²) in [5.74, 6) is -1.96. The fraction of sp³-hybridized carbons (Fsp3) is 0. The number of thiophene rings is 2. The minimum atomic E-state index is -0.979. The lowest BCUT2D eigenvalue weighted by Crippen LogP contribution is -1.88. The largest absolute Gasteiger partial charge is 0.478 e. The molecule has 8 heteroatoms. The maximum Gasteiger partial charge on any atom is 0.328 e. The Hall–Kier alpha value is -3.88. The zero-order valence-corrected chi connectivity index (χ0v) is 18.1.